The van der Waals surface area contributed by atoms with Gasteiger partial charge >= 0.3 is 0 Å². The molecular formula is C21H20FN5O2S3. The molecule has 0 aliphatic heterocycles. The molecule has 1 aromatic carbocycles. The number of rotatable bonds is 7. The molecule has 4 rings (SSSR count). The predicted octanol–water partition coefficient (Wildman–Crippen LogP) is 5.18. The highest BCUT2D eigenvalue weighted by Gasteiger charge is 2.13. The van der Waals surface area contributed by atoms with Gasteiger partial charge in [0.05, 0.1) is 31.9 Å². The van der Waals surface area contributed by atoms with E-state index >= 15 is 0 Å². The maximum absolute atomic E-state index is 14.2. The second-order valence-corrected chi connectivity index (χ2v) is 11.2. The van der Waals surface area contributed by atoms with Crippen LogP contribution in [0.3, 0.4) is 0 Å². The molecular weight excluding hydrogens is 469 g/mol. The minimum Gasteiger partial charge on any atom is -0.379 e. The van der Waals surface area contributed by atoms with Gasteiger partial charge in [-0.15, -0.1) is 22.7 Å². The summed E-state index contributed by atoms with van der Waals surface area (Å²) < 4.78 is 37.2. The maximum atomic E-state index is 14.2. The molecule has 0 spiro atoms. The monoisotopic (exact) mass is 489 g/mol. The van der Waals surface area contributed by atoms with Crippen LogP contribution in [0.4, 0.5) is 21.0 Å². The van der Waals surface area contributed by atoms with Gasteiger partial charge in [-0.1, -0.05) is 6.07 Å². The fourth-order valence-corrected chi connectivity index (χ4v) is 5.28. The second kappa shape index (κ2) is 8.93. The van der Waals surface area contributed by atoms with Gasteiger partial charge in [-0.25, -0.2) is 27.8 Å². The van der Waals surface area contributed by atoms with E-state index in [4.69, 9.17) is 0 Å². The highest BCUT2D eigenvalue weighted by molar-refractivity contribution is 7.90. The van der Waals surface area contributed by atoms with Gasteiger partial charge in [0.15, 0.2) is 15.0 Å². The number of anilines is 3. The standard InChI is InChI=1S/C21H20FN5O2S3/c1-12-20(31-13(2)25-12)18-11-30-21(26-18)27-19-7-4-14(10-24-19)9-23-17-6-5-15(8-16(17)22)32(3,28)29/h4-8,10-11,23H,9H2,1-3H3,(H,24,26,27). The molecule has 0 saturated heterocycles. The number of benzene rings is 1. The van der Waals surface area contributed by atoms with Gasteiger partial charge in [-0.2, -0.15) is 0 Å². The molecule has 4 aromatic rings. The first-order valence-corrected chi connectivity index (χ1v) is 13.1. The third-order valence-corrected chi connectivity index (χ3v) is 7.52. The lowest BCUT2D eigenvalue weighted by Gasteiger charge is -2.09. The summed E-state index contributed by atoms with van der Waals surface area (Å²) in [6.07, 6.45) is 2.73. The Balaban J connectivity index is 1.38. The van der Waals surface area contributed by atoms with E-state index in [0.29, 0.717) is 12.4 Å². The Hall–Kier alpha value is -2.89. The van der Waals surface area contributed by atoms with Gasteiger partial charge in [0.2, 0.25) is 0 Å². The first kappa shape index (κ1) is 22.3. The van der Waals surface area contributed by atoms with Crippen molar-refractivity contribution in [3.63, 3.8) is 0 Å². The normalized spacial score (nSPS) is 11.5. The molecule has 0 bridgehead atoms. The Bertz CT molecular complexity index is 1360. The number of hydrogen-bond donors (Lipinski definition) is 2. The van der Waals surface area contributed by atoms with Crippen molar-refractivity contribution in [2.45, 2.75) is 25.3 Å². The van der Waals surface area contributed by atoms with E-state index in [1.165, 1.54) is 23.5 Å². The Morgan fingerprint density at radius 2 is 1.94 bits per heavy atom. The summed E-state index contributed by atoms with van der Waals surface area (Å²) in [7, 11) is -3.45. The average Bonchev–Trinajstić information content (AvgIpc) is 3.32. The zero-order valence-corrected chi connectivity index (χ0v) is 20.0. The van der Waals surface area contributed by atoms with Gasteiger partial charge in [-0.05, 0) is 43.7 Å². The van der Waals surface area contributed by atoms with E-state index in [2.05, 4.69) is 25.6 Å². The topological polar surface area (TPSA) is 96.9 Å². The van der Waals surface area contributed by atoms with Crippen LogP contribution in [-0.4, -0.2) is 29.6 Å². The van der Waals surface area contributed by atoms with E-state index in [9.17, 15) is 12.8 Å². The molecule has 7 nitrogen and oxygen atoms in total. The number of aromatic nitrogens is 3. The summed E-state index contributed by atoms with van der Waals surface area (Å²) in [4.78, 5) is 14.5. The summed E-state index contributed by atoms with van der Waals surface area (Å²) in [6.45, 7) is 4.30. The van der Waals surface area contributed by atoms with Crippen LogP contribution in [0.5, 0.6) is 0 Å². The zero-order chi connectivity index (χ0) is 22.9. The minimum atomic E-state index is -3.45. The molecule has 3 aromatic heterocycles. The number of nitrogens with zero attached hydrogens (tertiary/aromatic N) is 3. The molecule has 32 heavy (non-hydrogen) atoms. The van der Waals surface area contributed by atoms with Gasteiger partial charge in [0.1, 0.15) is 11.6 Å². The number of pyridine rings is 1. The van der Waals surface area contributed by atoms with Crippen LogP contribution in [-0.2, 0) is 16.4 Å². The number of thiazole rings is 2. The third kappa shape index (κ3) is 5.12. The summed E-state index contributed by atoms with van der Waals surface area (Å²) in [5.74, 6) is 0.0284. The van der Waals surface area contributed by atoms with Crippen molar-refractivity contribution in [2.75, 3.05) is 16.9 Å². The molecule has 0 unspecified atom stereocenters. The predicted molar refractivity (Wildman–Crippen MR) is 127 cm³/mol. The lowest BCUT2D eigenvalue weighted by Crippen LogP contribution is -2.04. The molecule has 0 amide bonds. The Labute approximate surface area is 193 Å². The van der Waals surface area contributed by atoms with Crippen molar-refractivity contribution in [2.24, 2.45) is 0 Å². The van der Waals surface area contributed by atoms with Crippen LogP contribution in [0.2, 0.25) is 0 Å². The Morgan fingerprint density at radius 1 is 1.12 bits per heavy atom. The van der Waals surface area contributed by atoms with E-state index in [0.717, 1.165) is 44.3 Å². The van der Waals surface area contributed by atoms with E-state index < -0.39 is 15.7 Å². The molecule has 0 saturated carbocycles. The molecule has 2 N–H and O–H groups in total. The maximum Gasteiger partial charge on any atom is 0.188 e. The van der Waals surface area contributed by atoms with Crippen LogP contribution in [0.15, 0.2) is 46.8 Å². The molecule has 11 heteroatoms. The summed E-state index contributed by atoms with van der Waals surface area (Å²) in [5, 5.41) is 9.89. The van der Waals surface area contributed by atoms with E-state index in [1.54, 1.807) is 17.5 Å². The highest BCUT2D eigenvalue weighted by atomic mass is 32.2. The van der Waals surface area contributed by atoms with E-state index in [-0.39, 0.29) is 10.6 Å². The lowest BCUT2D eigenvalue weighted by atomic mass is 10.2. The van der Waals surface area contributed by atoms with Crippen LogP contribution in [0.25, 0.3) is 10.6 Å². The summed E-state index contributed by atoms with van der Waals surface area (Å²) in [6, 6.07) is 7.50. The van der Waals surface area contributed by atoms with Gasteiger partial charge in [-0.3, -0.25) is 0 Å². The minimum absolute atomic E-state index is 0.0522. The highest BCUT2D eigenvalue weighted by Crippen LogP contribution is 2.32. The van der Waals surface area contributed by atoms with Crippen molar-refractivity contribution in [1.29, 1.82) is 0 Å². The molecule has 166 valence electrons. The van der Waals surface area contributed by atoms with Gasteiger partial charge < -0.3 is 10.6 Å². The van der Waals surface area contributed by atoms with Crippen LogP contribution in [0.1, 0.15) is 16.3 Å². The van der Waals surface area contributed by atoms with Crippen LogP contribution in [0, 0.1) is 19.7 Å². The third-order valence-electron chi connectivity index (χ3n) is 4.55. The largest absolute Gasteiger partial charge is 0.379 e. The number of sulfone groups is 1. The quantitative estimate of drug-likeness (QED) is 0.369. The molecule has 0 aliphatic carbocycles. The number of nitrogens with one attached hydrogen (secondary N) is 2. The molecule has 0 fully saturated rings. The number of halogens is 1. The van der Waals surface area contributed by atoms with Crippen LogP contribution >= 0.6 is 22.7 Å². The number of aryl methyl sites for hydroxylation is 2. The van der Waals surface area contributed by atoms with Crippen molar-refractivity contribution in [3.8, 4) is 10.6 Å². The summed E-state index contributed by atoms with van der Waals surface area (Å²) >= 11 is 3.11. The SMILES string of the molecule is Cc1nc(C)c(-c2csc(Nc3ccc(CNc4ccc(S(C)(=O)=O)cc4F)cn3)n2)s1. The van der Waals surface area contributed by atoms with Crippen molar-refractivity contribution < 1.29 is 12.8 Å². The molecule has 0 aliphatic rings. The fraction of sp³-hybridized carbons (Fsp3) is 0.190. The first-order valence-electron chi connectivity index (χ1n) is 9.54. The zero-order valence-electron chi connectivity index (χ0n) is 17.5. The van der Waals surface area contributed by atoms with Gasteiger partial charge in [0.25, 0.3) is 0 Å². The smallest absolute Gasteiger partial charge is 0.188 e. The van der Waals surface area contributed by atoms with E-state index in [1.807, 2.05) is 31.4 Å². The molecule has 0 radical (unpaired) electrons. The molecule has 0 atom stereocenters. The van der Waals surface area contributed by atoms with Crippen molar-refractivity contribution >= 4 is 49.1 Å². The van der Waals surface area contributed by atoms with Crippen molar-refractivity contribution in [1.82, 2.24) is 15.0 Å². The second-order valence-electron chi connectivity index (χ2n) is 7.13. The lowest BCUT2D eigenvalue weighted by molar-refractivity contribution is 0.596. The van der Waals surface area contributed by atoms with Crippen molar-refractivity contribution in [3.05, 3.63) is 64.0 Å². The first-order chi connectivity index (χ1) is 15.2. The van der Waals surface area contributed by atoms with Crippen LogP contribution < -0.4 is 10.6 Å². The molecule has 3 heterocycles. The summed E-state index contributed by atoms with van der Waals surface area (Å²) in [5.41, 5.74) is 2.94. The fourth-order valence-electron chi connectivity index (χ4n) is 2.98. The Kier molecular flexibility index (Phi) is 6.22. The van der Waals surface area contributed by atoms with Gasteiger partial charge in [0, 0.05) is 24.4 Å². The average molecular weight is 490 g/mol. The Morgan fingerprint density at radius 3 is 2.56 bits per heavy atom. The number of hydrogen-bond acceptors (Lipinski definition) is 9.